The summed E-state index contributed by atoms with van der Waals surface area (Å²) in [5, 5.41) is 14.7. The Morgan fingerprint density at radius 2 is 1.83 bits per heavy atom. The van der Waals surface area contributed by atoms with Crippen LogP contribution in [0.4, 0.5) is 0 Å². The van der Waals surface area contributed by atoms with Crippen molar-refractivity contribution in [3.05, 3.63) is 58.1 Å². The van der Waals surface area contributed by atoms with Gasteiger partial charge in [-0.05, 0) is 24.3 Å². The second-order valence-electron chi connectivity index (χ2n) is 4.83. The lowest BCUT2D eigenvalue weighted by molar-refractivity contribution is 0.281. The number of benzene rings is 2. The summed E-state index contributed by atoms with van der Waals surface area (Å²) in [7, 11) is 1.59. The topological polar surface area (TPSA) is 55.5 Å². The molecule has 1 aromatic heterocycles. The molecule has 0 unspecified atom stereocenters. The highest BCUT2D eigenvalue weighted by molar-refractivity contribution is 6.39. The Morgan fingerprint density at radius 3 is 2.48 bits per heavy atom. The Bertz CT molecular complexity index is 825. The second-order valence-corrected chi connectivity index (χ2v) is 5.64. The second kappa shape index (κ2) is 6.62. The van der Waals surface area contributed by atoms with Crippen LogP contribution in [0, 0.1) is 0 Å². The Morgan fingerprint density at radius 1 is 1.13 bits per heavy atom. The van der Waals surface area contributed by atoms with Crippen molar-refractivity contribution >= 4 is 23.2 Å². The van der Waals surface area contributed by atoms with Gasteiger partial charge in [-0.3, -0.25) is 0 Å². The highest BCUT2D eigenvalue weighted by atomic mass is 35.5. The molecule has 1 heterocycles. The van der Waals surface area contributed by atoms with Crippen LogP contribution >= 0.6 is 23.2 Å². The van der Waals surface area contributed by atoms with E-state index in [0.717, 1.165) is 5.56 Å². The highest BCUT2D eigenvalue weighted by Crippen LogP contribution is 2.40. The number of aliphatic hydroxyl groups excluding tert-OH is 1. The normalized spacial score (nSPS) is 10.8. The van der Waals surface area contributed by atoms with Crippen LogP contribution in [0.15, 0.2) is 47.0 Å². The molecule has 118 valence electrons. The maximum Gasteiger partial charge on any atom is 0.176 e. The van der Waals surface area contributed by atoms with Gasteiger partial charge in [0, 0.05) is 5.56 Å². The maximum absolute atomic E-state index is 9.80. The first-order valence-corrected chi connectivity index (χ1v) is 7.59. The SMILES string of the molecule is COc1cccc(-c2noc(-c3c(Cl)cccc3Cl)c2CO)c1. The first kappa shape index (κ1) is 15.9. The van der Waals surface area contributed by atoms with E-state index in [1.165, 1.54) is 0 Å². The maximum atomic E-state index is 9.80. The number of aromatic nitrogens is 1. The summed E-state index contributed by atoms with van der Waals surface area (Å²) in [6, 6.07) is 12.5. The molecule has 3 aromatic rings. The fourth-order valence-electron chi connectivity index (χ4n) is 2.36. The molecule has 0 saturated heterocycles. The minimum Gasteiger partial charge on any atom is -0.497 e. The van der Waals surface area contributed by atoms with E-state index >= 15 is 0 Å². The smallest absolute Gasteiger partial charge is 0.176 e. The zero-order chi connectivity index (χ0) is 16.4. The standard InChI is InChI=1S/C17H13Cl2NO3/c1-22-11-5-2-4-10(8-11)16-12(9-21)17(23-20-16)15-13(18)6-3-7-14(15)19/h2-8,21H,9H2,1H3. The molecule has 1 N–H and O–H groups in total. The monoisotopic (exact) mass is 349 g/mol. The molecule has 2 aromatic carbocycles. The van der Waals surface area contributed by atoms with Gasteiger partial charge in [0.1, 0.15) is 11.4 Å². The van der Waals surface area contributed by atoms with Crippen molar-refractivity contribution in [3.8, 4) is 28.3 Å². The summed E-state index contributed by atoms with van der Waals surface area (Å²) in [6.45, 7) is -0.257. The quantitative estimate of drug-likeness (QED) is 0.733. The highest BCUT2D eigenvalue weighted by Gasteiger charge is 2.22. The van der Waals surface area contributed by atoms with Gasteiger partial charge in [-0.15, -0.1) is 0 Å². The summed E-state index contributed by atoms with van der Waals surface area (Å²) in [5.74, 6) is 1.05. The van der Waals surface area contributed by atoms with Crippen molar-refractivity contribution in [1.82, 2.24) is 5.16 Å². The van der Waals surface area contributed by atoms with E-state index in [4.69, 9.17) is 32.5 Å². The van der Waals surface area contributed by atoms with Crippen LogP contribution in [0.3, 0.4) is 0 Å². The van der Waals surface area contributed by atoms with E-state index in [0.29, 0.717) is 38.4 Å². The number of rotatable bonds is 4. The average Bonchev–Trinajstić information content (AvgIpc) is 2.98. The van der Waals surface area contributed by atoms with Crippen LogP contribution in [0.1, 0.15) is 5.56 Å². The molecule has 23 heavy (non-hydrogen) atoms. The predicted molar refractivity (Wildman–Crippen MR) is 89.9 cm³/mol. The number of halogens is 2. The molecule has 0 saturated carbocycles. The van der Waals surface area contributed by atoms with Crippen molar-refractivity contribution in [2.45, 2.75) is 6.61 Å². The molecule has 4 nitrogen and oxygen atoms in total. The zero-order valence-electron chi connectivity index (χ0n) is 12.2. The van der Waals surface area contributed by atoms with E-state index in [2.05, 4.69) is 5.16 Å². The van der Waals surface area contributed by atoms with E-state index < -0.39 is 0 Å². The van der Waals surface area contributed by atoms with E-state index in [-0.39, 0.29) is 6.61 Å². The van der Waals surface area contributed by atoms with Gasteiger partial charge in [0.15, 0.2) is 5.76 Å². The molecule has 0 aliphatic carbocycles. The fourth-order valence-corrected chi connectivity index (χ4v) is 2.93. The molecule has 0 radical (unpaired) electrons. The van der Waals surface area contributed by atoms with Crippen LogP contribution in [-0.4, -0.2) is 17.4 Å². The van der Waals surface area contributed by atoms with Crippen molar-refractivity contribution in [2.24, 2.45) is 0 Å². The first-order valence-electron chi connectivity index (χ1n) is 6.84. The molecular formula is C17H13Cl2NO3. The van der Waals surface area contributed by atoms with Gasteiger partial charge in [-0.2, -0.15) is 0 Å². The number of nitrogens with zero attached hydrogens (tertiary/aromatic N) is 1. The summed E-state index contributed by atoms with van der Waals surface area (Å²) in [6.07, 6.45) is 0. The van der Waals surface area contributed by atoms with Gasteiger partial charge >= 0.3 is 0 Å². The number of aliphatic hydroxyl groups is 1. The summed E-state index contributed by atoms with van der Waals surface area (Å²) in [4.78, 5) is 0. The molecule has 0 aliphatic rings. The fraction of sp³-hybridized carbons (Fsp3) is 0.118. The van der Waals surface area contributed by atoms with Gasteiger partial charge in [-0.25, -0.2) is 0 Å². The number of hydrogen-bond acceptors (Lipinski definition) is 4. The average molecular weight is 350 g/mol. The van der Waals surface area contributed by atoms with Crippen molar-refractivity contribution in [3.63, 3.8) is 0 Å². The Balaban J connectivity index is 2.17. The Hall–Kier alpha value is -2.01. The number of methoxy groups -OCH3 is 1. The largest absolute Gasteiger partial charge is 0.497 e. The number of hydrogen-bond donors (Lipinski definition) is 1. The van der Waals surface area contributed by atoms with Gasteiger partial charge in [0.05, 0.1) is 34.9 Å². The minimum atomic E-state index is -0.257. The molecule has 0 spiro atoms. The Labute approximate surface area is 143 Å². The van der Waals surface area contributed by atoms with E-state index in [9.17, 15) is 5.11 Å². The number of ether oxygens (including phenoxy) is 1. The minimum absolute atomic E-state index is 0.257. The van der Waals surface area contributed by atoms with Crippen LogP contribution in [-0.2, 0) is 6.61 Å². The lowest BCUT2D eigenvalue weighted by Gasteiger charge is -2.06. The summed E-state index contributed by atoms with van der Waals surface area (Å²) >= 11 is 12.4. The van der Waals surface area contributed by atoms with Crippen LogP contribution < -0.4 is 4.74 Å². The van der Waals surface area contributed by atoms with Gasteiger partial charge in [-0.1, -0.05) is 46.6 Å². The summed E-state index contributed by atoms with van der Waals surface area (Å²) < 4.78 is 10.7. The molecule has 0 aliphatic heterocycles. The van der Waals surface area contributed by atoms with Crippen LogP contribution in [0.5, 0.6) is 5.75 Å². The van der Waals surface area contributed by atoms with Crippen molar-refractivity contribution < 1.29 is 14.4 Å². The molecule has 0 bridgehead atoms. The van der Waals surface area contributed by atoms with Crippen LogP contribution in [0.25, 0.3) is 22.6 Å². The zero-order valence-corrected chi connectivity index (χ0v) is 13.7. The third-order valence-corrected chi connectivity index (χ3v) is 4.11. The lowest BCUT2D eigenvalue weighted by atomic mass is 10.0. The van der Waals surface area contributed by atoms with Crippen molar-refractivity contribution in [2.75, 3.05) is 7.11 Å². The summed E-state index contributed by atoms with van der Waals surface area (Å²) in [5.41, 5.74) is 2.33. The molecular weight excluding hydrogens is 337 g/mol. The predicted octanol–water partition coefficient (Wildman–Crippen LogP) is 4.82. The van der Waals surface area contributed by atoms with Gasteiger partial charge in [0.25, 0.3) is 0 Å². The molecule has 0 fully saturated rings. The van der Waals surface area contributed by atoms with Gasteiger partial charge in [0.2, 0.25) is 0 Å². The third kappa shape index (κ3) is 2.93. The van der Waals surface area contributed by atoms with Gasteiger partial charge < -0.3 is 14.4 Å². The Kier molecular flexibility index (Phi) is 4.57. The first-order chi connectivity index (χ1) is 11.2. The van der Waals surface area contributed by atoms with E-state index in [1.807, 2.05) is 24.3 Å². The third-order valence-electron chi connectivity index (χ3n) is 3.48. The molecule has 0 amide bonds. The van der Waals surface area contributed by atoms with Crippen LogP contribution in [0.2, 0.25) is 10.0 Å². The molecule has 3 rings (SSSR count). The molecule has 0 atom stereocenters. The lowest BCUT2D eigenvalue weighted by Crippen LogP contribution is -1.91. The van der Waals surface area contributed by atoms with E-state index in [1.54, 1.807) is 25.3 Å². The van der Waals surface area contributed by atoms with Crippen molar-refractivity contribution in [1.29, 1.82) is 0 Å². The molecule has 6 heteroatoms.